The highest BCUT2D eigenvalue weighted by molar-refractivity contribution is 5.97. The molecule has 1 aromatic heterocycles. The zero-order valence-corrected chi connectivity index (χ0v) is 13.8. The summed E-state index contributed by atoms with van der Waals surface area (Å²) in [6, 6.07) is 3.59. The number of nitrogens with zero attached hydrogens (tertiary/aromatic N) is 1. The normalized spacial score (nSPS) is 11.5. The molecule has 4 heteroatoms. The van der Waals surface area contributed by atoms with Gasteiger partial charge in [0.25, 0.3) is 0 Å². The van der Waals surface area contributed by atoms with Crippen molar-refractivity contribution in [2.75, 3.05) is 6.61 Å². The Kier molecular flexibility index (Phi) is 4.91. The van der Waals surface area contributed by atoms with Crippen molar-refractivity contribution >= 4 is 16.9 Å². The topological polar surface area (TPSA) is 62.5 Å². The number of aromatic nitrogens is 1. The molecule has 0 saturated carbocycles. The SMILES string of the molecule is CCc1c(C)n(CCCO)c2c(C(C)C)cc(C(=O)O)cc12. The van der Waals surface area contributed by atoms with Gasteiger partial charge >= 0.3 is 5.97 Å². The predicted octanol–water partition coefficient (Wildman–Crippen LogP) is 3.72. The zero-order chi connectivity index (χ0) is 16.4. The summed E-state index contributed by atoms with van der Waals surface area (Å²) in [4.78, 5) is 11.4. The predicted molar refractivity (Wildman–Crippen MR) is 88.8 cm³/mol. The van der Waals surface area contributed by atoms with Crippen molar-refractivity contribution in [1.29, 1.82) is 0 Å². The summed E-state index contributed by atoms with van der Waals surface area (Å²) < 4.78 is 2.24. The molecule has 1 heterocycles. The Bertz CT molecular complexity index is 698. The number of benzene rings is 1. The molecule has 2 N–H and O–H groups in total. The first-order valence-corrected chi connectivity index (χ1v) is 7.92. The molecule has 0 saturated heterocycles. The van der Waals surface area contributed by atoms with Crippen LogP contribution in [0.2, 0.25) is 0 Å². The molecule has 4 nitrogen and oxygen atoms in total. The summed E-state index contributed by atoms with van der Waals surface area (Å²) in [6.07, 6.45) is 1.57. The van der Waals surface area contributed by atoms with Crippen LogP contribution >= 0.6 is 0 Å². The standard InChI is InChI=1S/C18H25NO3/c1-5-14-12(4)19(7-6-8-20)17-15(11(2)3)9-13(18(21)22)10-16(14)17/h9-11,20H,5-8H2,1-4H3,(H,21,22). The Hall–Kier alpha value is -1.81. The molecule has 0 amide bonds. The molecule has 22 heavy (non-hydrogen) atoms. The molecule has 0 aliphatic carbocycles. The summed E-state index contributed by atoms with van der Waals surface area (Å²) in [5.41, 5.74) is 4.93. The summed E-state index contributed by atoms with van der Waals surface area (Å²) in [7, 11) is 0. The molecule has 2 rings (SSSR count). The summed E-state index contributed by atoms with van der Waals surface area (Å²) in [5.74, 6) is -0.639. The molecule has 120 valence electrons. The van der Waals surface area contributed by atoms with Gasteiger partial charge in [0.2, 0.25) is 0 Å². The molecule has 0 aliphatic heterocycles. The molecule has 0 atom stereocenters. The molecule has 0 spiro atoms. The number of rotatable bonds is 6. The van der Waals surface area contributed by atoms with Crippen LogP contribution < -0.4 is 0 Å². The number of carbonyl (C=O) groups is 1. The van der Waals surface area contributed by atoms with Crippen LogP contribution in [-0.2, 0) is 13.0 Å². The third-order valence-corrected chi connectivity index (χ3v) is 4.34. The second-order valence-corrected chi connectivity index (χ2v) is 6.07. The van der Waals surface area contributed by atoms with E-state index in [-0.39, 0.29) is 12.5 Å². The number of hydrogen-bond donors (Lipinski definition) is 2. The Morgan fingerprint density at radius 1 is 1.32 bits per heavy atom. The fourth-order valence-electron chi connectivity index (χ4n) is 3.23. The lowest BCUT2D eigenvalue weighted by Gasteiger charge is -2.14. The highest BCUT2D eigenvalue weighted by Crippen LogP contribution is 2.34. The van der Waals surface area contributed by atoms with Crippen LogP contribution in [0.5, 0.6) is 0 Å². The first-order chi connectivity index (χ1) is 10.4. The van der Waals surface area contributed by atoms with Gasteiger partial charge in [-0.25, -0.2) is 4.79 Å². The number of carboxylic acids is 1. The van der Waals surface area contributed by atoms with Gasteiger partial charge in [-0.3, -0.25) is 0 Å². The number of carboxylic acid groups (broad SMARTS) is 1. The van der Waals surface area contributed by atoms with E-state index in [0.29, 0.717) is 12.0 Å². The average Bonchev–Trinajstić information content (AvgIpc) is 2.74. The monoisotopic (exact) mass is 303 g/mol. The van der Waals surface area contributed by atoms with Crippen LogP contribution in [0.4, 0.5) is 0 Å². The Balaban J connectivity index is 2.84. The number of hydrogen-bond acceptors (Lipinski definition) is 2. The molecule has 0 aliphatic rings. The van der Waals surface area contributed by atoms with E-state index in [1.165, 1.54) is 11.3 Å². The number of fused-ring (bicyclic) bond motifs is 1. The van der Waals surface area contributed by atoms with Crippen molar-refractivity contribution in [3.05, 3.63) is 34.5 Å². The molecule has 2 aromatic rings. The molecule has 0 fully saturated rings. The number of aliphatic hydroxyl groups is 1. The van der Waals surface area contributed by atoms with Crippen LogP contribution in [0.25, 0.3) is 10.9 Å². The maximum atomic E-state index is 11.4. The maximum absolute atomic E-state index is 11.4. The van der Waals surface area contributed by atoms with Gasteiger partial charge in [-0.1, -0.05) is 20.8 Å². The van der Waals surface area contributed by atoms with Crippen molar-refractivity contribution in [3.8, 4) is 0 Å². The van der Waals surface area contributed by atoms with Crippen molar-refractivity contribution in [3.63, 3.8) is 0 Å². The highest BCUT2D eigenvalue weighted by Gasteiger charge is 2.20. The summed E-state index contributed by atoms with van der Waals surface area (Å²) >= 11 is 0. The highest BCUT2D eigenvalue weighted by atomic mass is 16.4. The van der Waals surface area contributed by atoms with E-state index in [9.17, 15) is 9.90 Å². The lowest BCUT2D eigenvalue weighted by molar-refractivity contribution is 0.0697. The maximum Gasteiger partial charge on any atom is 0.335 e. The molecule has 1 aromatic carbocycles. The van der Waals surface area contributed by atoms with E-state index in [2.05, 4.69) is 32.3 Å². The number of aliphatic hydroxyl groups excluding tert-OH is 1. The van der Waals surface area contributed by atoms with E-state index in [4.69, 9.17) is 5.11 Å². The van der Waals surface area contributed by atoms with Gasteiger partial charge in [0.1, 0.15) is 0 Å². The van der Waals surface area contributed by atoms with Crippen LogP contribution in [0.3, 0.4) is 0 Å². The van der Waals surface area contributed by atoms with Crippen molar-refractivity contribution in [2.24, 2.45) is 0 Å². The molecular weight excluding hydrogens is 278 g/mol. The minimum absolute atomic E-state index is 0.158. The Morgan fingerprint density at radius 3 is 2.50 bits per heavy atom. The second-order valence-electron chi connectivity index (χ2n) is 6.07. The van der Waals surface area contributed by atoms with E-state index >= 15 is 0 Å². The van der Waals surface area contributed by atoms with Gasteiger partial charge in [-0.15, -0.1) is 0 Å². The summed E-state index contributed by atoms with van der Waals surface area (Å²) in [5, 5.41) is 19.6. The van der Waals surface area contributed by atoms with Gasteiger partial charge in [0.15, 0.2) is 0 Å². The molecule has 0 unspecified atom stereocenters. The van der Waals surface area contributed by atoms with Gasteiger partial charge < -0.3 is 14.8 Å². The first-order valence-electron chi connectivity index (χ1n) is 7.92. The van der Waals surface area contributed by atoms with E-state index in [1.807, 2.05) is 0 Å². The minimum atomic E-state index is -0.883. The molecule has 0 radical (unpaired) electrons. The second kappa shape index (κ2) is 6.53. The van der Waals surface area contributed by atoms with Crippen LogP contribution in [0.1, 0.15) is 60.3 Å². The fraction of sp³-hybridized carbons (Fsp3) is 0.500. The number of aromatic carboxylic acids is 1. The lowest BCUT2D eigenvalue weighted by atomic mass is 9.96. The first kappa shape index (κ1) is 16.6. The molecule has 0 bridgehead atoms. The third kappa shape index (κ3) is 2.75. The smallest absolute Gasteiger partial charge is 0.335 e. The quantitative estimate of drug-likeness (QED) is 0.855. The average molecular weight is 303 g/mol. The Morgan fingerprint density at radius 2 is 2.00 bits per heavy atom. The lowest BCUT2D eigenvalue weighted by Crippen LogP contribution is -2.06. The van der Waals surface area contributed by atoms with Crippen LogP contribution in [0.15, 0.2) is 12.1 Å². The Labute approximate surface area is 131 Å². The molecular formula is C18H25NO3. The van der Waals surface area contributed by atoms with E-state index < -0.39 is 5.97 Å². The van der Waals surface area contributed by atoms with Crippen molar-refractivity contribution in [1.82, 2.24) is 4.57 Å². The third-order valence-electron chi connectivity index (χ3n) is 4.34. The van der Waals surface area contributed by atoms with Gasteiger partial charge in [-0.2, -0.15) is 0 Å². The minimum Gasteiger partial charge on any atom is -0.478 e. The fourth-order valence-corrected chi connectivity index (χ4v) is 3.23. The van der Waals surface area contributed by atoms with Crippen molar-refractivity contribution in [2.45, 2.75) is 53.0 Å². The van der Waals surface area contributed by atoms with Gasteiger partial charge in [0, 0.05) is 24.2 Å². The largest absolute Gasteiger partial charge is 0.478 e. The zero-order valence-electron chi connectivity index (χ0n) is 13.8. The van der Waals surface area contributed by atoms with E-state index in [1.54, 1.807) is 12.1 Å². The van der Waals surface area contributed by atoms with Crippen LogP contribution in [0, 0.1) is 6.92 Å². The van der Waals surface area contributed by atoms with Crippen molar-refractivity contribution < 1.29 is 15.0 Å². The van der Waals surface area contributed by atoms with Gasteiger partial charge in [0.05, 0.1) is 11.1 Å². The van der Waals surface area contributed by atoms with Gasteiger partial charge in [-0.05, 0) is 48.9 Å². The summed E-state index contributed by atoms with van der Waals surface area (Å²) in [6.45, 7) is 9.27. The number of aryl methyl sites for hydroxylation is 2. The van der Waals surface area contributed by atoms with E-state index in [0.717, 1.165) is 29.4 Å². The van der Waals surface area contributed by atoms with Crippen LogP contribution in [-0.4, -0.2) is 27.4 Å².